The van der Waals surface area contributed by atoms with Gasteiger partial charge in [-0.25, -0.2) is 0 Å². The number of benzene rings is 1. The first kappa shape index (κ1) is 10.6. The predicted molar refractivity (Wildman–Crippen MR) is 70.8 cm³/mol. The highest BCUT2D eigenvalue weighted by atomic mass is 16.2. The quantitative estimate of drug-likeness (QED) is 0.690. The first-order valence-electron chi connectivity index (χ1n) is 6.87. The van der Waals surface area contributed by atoms with Crippen molar-refractivity contribution in [3.05, 3.63) is 29.3 Å². The third kappa shape index (κ3) is 1.25. The van der Waals surface area contributed by atoms with Crippen LogP contribution in [0.4, 0.5) is 5.69 Å². The Morgan fingerprint density at radius 1 is 1.22 bits per heavy atom. The number of carbonyl (C=O) groups excluding carboxylic acids is 1. The van der Waals surface area contributed by atoms with Crippen LogP contribution < -0.4 is 4.90 Å². The standard InChI is InChI=1S/C15H18N2O/c1-16-8-12-11-6-2-4-10-5-3-7-17(14(10)11)15(18)13(12)9-16/h2,4,6,12-13H,3,5,7-9H2,1H3/t12-,13+/m1/s1. The van der Waals surface area contributed by atoms with Crippen LogP contribution in [0.1, 0.15) is 23.5 Å². The van der Waals surface area contributed by atoms with Gasteiger partial charge in [0, 0.05) is 25.6 Å². The summed E-state index contributed by atoms with van der Waals surface area (Å²) in [6.45, 7) is 2.86. The molecule has 2 atom stereocenters. The Hall–Kier alpha value is -1.35. The van der Waals surface area contributed by atoms with Gasteiger partial charge in [0.15, 0.2) is 0 Å². The van der Waals surface area contributed by atoms with Crippen LogP contribution in [0.5, 0.6) is 0 Å². The molecule has 1 saturated heterocycles. The molecule has 3 aliphatic rings. The van der Waals surface area contributed by atoms with Gasteiger partial charge in [-0.3, -0.25) is 4.79 Å². The Morgan fingerprint density at radius 3 is 2.94 bits per heavy atom. The van der Waals surface area contributed by atoms with Crippen molar-refractivity contribution in [3.63, 3.8) is 0 Å². The molecular weight excluding hydrogens is 224 g/mol. The number of anilines is 1. The number of hydrogen-bond acceptors (Lipinski definition) is 2. The molecular formula is C15H18N2O. The molecule has 0 bridgehead atoms. The molecule has 0 N–H and O–H groups in total. The number of para-hydroxylation sites is 1. The summed E-state index contributed by atoms with van der Waals surface area (Å²) in [5.74, 6) is 0.978. The summed E-state index contributed by atoms with van der Waals surface area (Å²) in [4.78, 5) is 17.0. The van der Waals surface area contributed by atoms with Crippen molar-refractivity contribution in [2.75, 3.05) is 31.6 Å². The molecule has 3 aliphatic heterocycles. The number of amides is 1. The predicted octanol–water partition coefficient (Wildman–Crippen LogP) is 1.62. The average molecular weight is 242 g/mol. The van der Waals surface area contributed by atoms with Crippen LogP contribution in [-0.2, 0) is 11.2 Å². The molecule has 0 spiro atoms. The van der Waals surface area contributed by atoms with Gasteiger partial charge < -0.3 is 9.80 Å². The molecule has 0 unspecified atom stereocenters. The zero-order valence-electron chi connectivity index (χ0n) is 10.7. The van der Waals surface area contributed by atoms with Crippen molar-refractivity contribution in [1.29, 1.82) is 0 Å². The highest BCUT2D eigenvalue weighted by Gasteiger charge is 2.45. The van der Waals surface area contributed by atoms with Crippen LogP contribution in [0.2, 0.25) is 0 Å². The van der Waals surface area contributed by atoms with Crippen molar-refractivity contribution in [2.24, 2.45) is 5.92 Å². The molecule has 3 heteroatoms. The van der Waals surface area contributed by atoms with Gasteiger partial charge in [-0.15, -0.1) is 0 Å². The monoisotopic (exact) mass is 242 g/mol. The second kappa shape index (κ2) is 3.58. The van der Waals surface area contributed by atoms with Crippen molar-refractivity contribution in [2.45, 2.75) is 18.8 Å². The molecule has 1 fully saturated rings. The Kier molecular flexibility index (Phi) is 2.10. The van der Waals surface area contributed by atoms with Crippen LogP contribution in [0.15, 0.2) is 18.2 Å². The number of likely N-dealkylation sites (tertiary alicyclic amines) is 1. The van der Waals surface area contributed by atoms with Gasteiger partial charge in [-0.1, -0.05) is 18.2 Å². The summed E-state index contributed by atoms with van der Waals surface area (Å²) >= 11 is 0. The van der Waals surface area contributed by atoms with E-state index in [0.717, 1.165) is 32.5 Å². The number of rotatable bonds is 0. The summed E-state index contributed by atoms with van der Waals surface area (Å²) in [6.07, 6.45) is 2.23. The number of likely N-dealkylation sites (N-methyl/N-ethyl adjacent to an activating group) is 1. The first-order chi connectivity index (χ1) is 8.75. The van der Waals surface area contributed by atoms with Gasteiger partial charge in [0.25, 0.3) is 0 Å². The number of carbonyl (C=O) groups is 1. The van der Waals surface area contributed by atoms with Crippen molar-refractivity contribution in [1.82, 2.24) is 4.90 Å². The molecule has 0 radical (unpaired) electrons. The van der Waals surface area contributed by atoms with Crippen LogP contribution >= 0.6 is 0 Å². The zero-order valence-corrected chi connectivity index (χ0v) is 10.7. The minimum atomic E-state index is 0.191. The topological polar surface area (TPSA) is 23.6 Å². The first-order valence-corrected chi connectivity index (χ1v) is 6.87. The second-order valence-electron chi connectivity index (χ2n) is 5.88. The molecule has 0 aliphatic carbocycles. The molecule has 0 saturated carbocycles. The third-order valence-electron chi connectivity index (χ3n) is 4.73. The van der Waals surface area contributed by atoms with Gasteiger partial charge in [0.1, 0.15) is 0 Å². The Labute approximate surface area is 107 Å². The maximum Gasteiger partial charge on any atom is 0.232 e. The van der Waals surface area contributed by atoms with E-state index >= 15 is 0 Å². The fraction of sp³-hybridized carbons (Fsp3) is 0.533. The molecule has 3 heterocycles. The highest BCUT2D eigenvalue weighted by Crippen LogP contribution is 2.46. The minimum absolute atomic E-state index is 0.191. The molecule has 1 amide bonds. The Bertz CT molecular complexity index is 525. The van der Waals surface area contributed by atoms with E-state index in [-0.39, 0.29) is 5.92 Å². The van der Waals surface area contributed by atoms with Gasteiger partial charge in [0.2, 0.25) is 5.91 Å². The molecule has 18 heavy (non-hydrogen) atoms. The van der Waals surface area contributed by atoms with E-state index in [1.165, 1.54) is 16.8 Å². The van der Waals surface area contributed by atoms with Gasteiger partial charge >= 0.3 is 0 Å². The second-order valence-corrected chi connectivity index (χ2v) is 5.88. The molecule has 4 rings (SSSR count). The maximum atomic E-state index is 12.6. The number of hydrogen-bond donors (Lipinski definition) is 0. The van der Waals surface area contributed by atoms with Crippen molar-refractivity contribution >= 4 is 11.6 Å². The van der Waals surface area contributed by atoms with Crippen LogP contribution in [0, 0.1) is 5.92 Å². The summed E-state index contributed by atoms with van der Waals surface area (Å²) in [7, 11) is 2.12. The van der Waals surface area contributed by atoms with Gasteiger partial charge in [-0.2, -0.15) is 0 Å². The van der Waals surface area contributed by atoms with Gasteiger partial charge in [-0.05, 0) is 31.0 Å². The summed E-state index contributed by atoms with van der Waals surface area (Å²) < 4.78 is 0. The number of aryl methyl sites for hydroxylation is 1. The summed E-state index contributed by atoms with van der Waals surface area (Å²) in [6, 6.07) is 6.60. The smallest absolute Gasteiger partial charge is 0.232 e. The third-order valence-corrected chi connectivity index (χ3v) is 4.73. The molecule has 94 valence electrons. The normalized spacial score (nSPS) is 30.3. The van der Waals surface area contributed by atoms with E-state index in [2.05, 4.69) is 35.0 Å². The van der Waals surface area contributed by atoms with Crippen LogP contribution in [-0.4, -0.2) is 37.5 Å². The largest absolute Gasteiger partial charge is 0.312 e. The average Bonchev–Trinajstić information content (AvgIpc) is 2.78. The Morgan fingerprint density at radius 2 is 2.06 bits per heavy atom. The number of nitrogens with zero attached hydrogens (tertiary/aromatic N) is 2. The van der Waals surface area contributed by atoms with E-state index in [1.54, 1.807) is 0 Å². The Balaban J connectivity index is 1.92. The van der Waals surface area contributed by atoms with Crippen molar-refractivity contribution < 1.29 is 4.79 Å². The van der Waals surface area contributed by atoms with E-state index in [0.29, 0.717) is 11.8 Å². The molecule has 3 nitrogen and oxygen atoms in total. The summed E-state index contributed by atoms with van der Waals surface area (Å²) in [5.41, 5.74) is 4.05. The van der Waals surface area contributed by atoms with Crippen LogP contribution in [0.3, 0.4) is 0 Å². The lowest BCUT2D eigenvalue weighted by Gasteiger charge is -2.40. The highest BCUT2D eigenvalue weighted by molar-refractivity contribution is 6.00. The molecule has 1 aromatic rings. The lowest BCUT2D eigenvalue weighted by Crippen LogP contribution is -2.45. The van der Waals surface area contributed by atoms with E-state index in [9.17, 15) is 4.79 Å². The van der Waals surface area contributed by atoms with E-state index < -0.39 is 0 Å². The number of fused-ring (bicyclic) bond motifs is 2. The minimum Gasteiger partial charge on any atom is -0.312 e. The van der Waals surface area contributed by atoms with E-state index in [4.69, 9.17) is 0 Å². The molecule has 1 aromatic carbocycles. The van der Waals surface area contributed by atoms with E-state index in [1.807, 2.05) is 0 Å². The lowest BCUT2D eigenvalue weighted by molar-refractivity contribution is -0.122. The van der Waals surface area contributed by atoms with Crippen LogP contribution in [0.25, 0.3) is 0 Å². The maximum absolute atomic E-state index is 12.6. The fourth-order valence-electron chi connectivity index (χ4n) is 3.97. The van der Waals surface area contributed by atoms with Crippen molar-refractivity contribution in [3.8, 4) is 0 Å². The molecule has 0 aromatic heterocycles. The lowest BCUT2D eigenvalue weighted by atomic mass is 9.80. The SMILES string of the molecule is CN1C[C@@H]2C(=O)N3CCCc4cccc(c43)[C@H]2C1. The zero-order chi connectivity index (χ0) is 12.3. The van der Waals surface area contributed by atoms with Gasteiger partial charge in [0.05, 0.1) is 11.6 Å². The summed E-state index contributed by atoms with van der Waals surface area (Å²) in [5, 5.41) is 0. The fourth-order valence-corrected chi connectivity index (χ4v) is 3.97.